The van der Waals surface area contributed by atoms with Gasteiger partial charge in [-0.05, 0) is 12.1 Å². The Hall–Kier alpha value is -0.731. The molecule has 3 nitrogen and oxygen atoms in total. The van der Waals surface area contributed by atoms with Gasteiger partial charge in [-0.25, -0.2) is 0 Å². The summed E-state index contributed by atoms with van der Waals surface area (Å²) >= 11 is 0. The number of H-pyrrole nitrogens is 1. The Morgan fingerprint density at radius 3 is 2.56 bits per heavy atom. The minimum absolute atomic E-state index is 0. The van der Waals surface area contributed by atoms with Gasteiger partial charge < -0.3 is 10.1 Å². The summed E-state index contributed by atoms with van der Waals surface area (Å²) < 4.78 is 0. The minimum atomic E-state index is -0.451. The molecule has 0 aliphatic rings. The topological polar surface area (TPSA) is 53.1 Å². The van der Waals surface area contributed by atoms with Crippen LogP contribution < -0.4 is 5.56 Å². The molecule has 1 rings (SSSR count). The van der Waals surface area contributed by atoms with E-state index in [1.807, 2.05) is 0 Å². The van der Waals surface area contributed by atoms with Crippen molar-refractivity contribution in [2.45, 2.75) is 0 Å². The van der Waals surface area contributed by atoms with Crippen LogP contribution in [0.15, 0.2) is 23.1 Å². The molecule has 0 saturated carbocycles. The molecule has 47 valence electrons. The van der Waals surface area contributed by atoms with Crippen LogP contribution >= 0.6 is 0 Å². The zero-order valence-corrected chi connectivity index (χ0v) is 5.55. The third-order valence-corrected chi connectivity index (χ3v) is 0.797. The fourth-order valence-corrected chi connectivity index (χ4v) is 0.413. The normalized spacial score (nSPS) is 8.00. The number of rotatable bonds is 0. The third kappa shape index (κ3) is 1.91. The molecule has 0 unspecified atom stereocenters. The van der Waals surface area contributed by atoms with Gasteiger partial charge in [-0.2, -0.15) is 0 Å². The van der Waals surface area contributed by atoms with Crippen LogP contribution in [0.25, 0.3) is 0 Å². The van der Waals surface area contributed by atoms with Crippen molar-refractivity contribution >= 4 is 0 Å². The number of aromatic amines is 1. The van der Waals surface area contributed by atoms with Crippen molar-refractivity contribution in [3.63, 3.8) is 0 Å². The maximum atomic E-state index is 10.3. The molecule has 0 aliphatic heterocycles. The van der Waals surface area contributed by atoms with Crippen molar-refractivity contribution in [1.29, 1.82) is 0 Å². The van der Waals surface area contributed by atoms with Crippen LogP contribution in [-0.4, -0.2) is 10.1 Å². The number of aromatic nitrogens is 1. The molecule has 0 spiro atoms. The number of hydrogen-bond donors (Lipinski definition) is 2. The number of pyridine rings is 1. The first-order chi connectivity index (χ1) is 3.80. The van der Waals surface area contributed by atoms with Crippen molar-refractivity contribution < 1.29 is 22.2 Å². The minimum Gasteiger partial charge on any atom is -0.503 e. The van der Waals surface area contributed by atoms with E-state index in [1.54, 1.807) is 6.07 Å². The standard InChI is InChI=1S/C5H5NO2.Fe/c7-4-2-1-3-6-5(4)8;/h1-3,7H,(H,6,8);/q;+3. The van der Waals surface area contributed by atoms with Gasteiger partial charge in [0, 0.05) is 6.20 Å². The summed E-state index contributed by atoms with van der Waals surface area (Å²) in [4.78, 5) is 12.6. The molecular weight excluding hydrogens is 162 g/mol. The van der Waals surface area contributed by atoms with Gasteiger partial charge in [0.05, 0.1) is 0 Å². The van der Waals surface area contributed by atoms with Gasteiger partial charge in [-0.15, -0.1) is 0 Å². The van der Waals surface area contributed by atoms with E-state index in [0.29, 0.717) is 0 Å². The Balaban J connectivity index is 0.000000640. The van der Waals surface area contributed by atoms with E-state index in [2.05, 4.69) is 4.98 Å². The van der Waals surface area contributed by atoms with Gasteiger partial charge in [-0.3, -0.25) is 4.79 Å². The molecule has 1 aromatic heterocycles. The Morgan fingerprint density at radius 1 is 1.56 bits per heavy atom. The summed E-state index contributed by atoms with van der Waals surface area (Å²) in [6, 6.07) is 2.88. The zero-order valence-electron chi connectivity index (χ0n) is 4.44. The summed E-state index contributed by atoms with van der Waals surface area (Å²) in [5, 5.41) is 8.58. The van der Waals surface area contributed by atoms with Gasteiger partial charge in [0.2, 0.25) is 0 Å². The van der Waals surface area contributed by atoms with E-state index in [9.17, 15) is 4.79 Å². The number of nitrogens with one attached hydrogen (secondary N) is 1. The first kappa shape index (κ1) is 8.27. The molecule has 0 amide bonds. The van der Waals surface area contributed by atoms with E-state index in [0.717, 1.165) is 0 Å². The van der Waals surface area contributed by atoms with Crippen LogP contribution in [0, 0.1) is 0 Å². The average Bonchev–Trinajstić information content (AvgIpc) is 1.77. The van der Waals surface area contributed by atoms with Crippen molar-refractivity contribution in [2.75, 3.05) is 0 Å². The van der Waals surface area contributed by atoms with E-state index in [1.165, 1.54) is 12.3 Å². The molecule has 0 aromatic carbocycles. The molecule has 0 fully saturated rings. The number of hydrogen-bond acceptors (Lipinski definition) is 2. The predicted molar refractivity (Wildman–Crippen MR) is 28.7 cm³/mol. The van der Waals surface area contributed by atoms with Gasteiger partial charge in [0.1, 0.15) is 0 Å². The summed E-state index contributed by atoms with van der Waals surface area (Å²) in [5.41, 5.74) is -0.451. The SMILES string of the molecule is O=c1[nH]cccc1O.[Fe+3]. The van der Waals surface area contributed by atoms with Crippen LogP contribution in [0.3, 0.4) is 0 Å². The second kappa shape index (κ2) is 3.33. The molecule has 1 aromatic rings. The van der Waals surface area contributed by atoms with Gasteiger partial charge in [0.25, 0.3) is 5.56 Å². The fourth-order valence-electron chi connectivity index (χ4n) is 0.413. The van der Waals surface area contributed by atoms with Crippen molar-refractivity contribution in [2.24, 2.45) is 0 Å². The van der Waals surface area contributed by atoms with Crippen molar-refractivity contribution in [3.05, 3.63) is 28.7 Å². The zero-order chi connectivity index (χ0) is 5.98. The van der Waals surface area contributed by atoms with E-state index in [-0.39, 0.29) is 22.8 Å². The van der Waals surface area contributed by atoms with Gasteiger partial charge in [0.15, 0.2) is 5.75 Å². The van der Waals surface area contributed by atoms with Crippen molar-refractivity contribution in [3.8, 4) is 5.75 Å². The smallest absolute Gasteiger partial charge is 0.503 e. The largest absolute Gasteiger partial charge is 3.00 e. The predicted octanol–water partition coefficient (Wildman–Crippen LogP) is 0.0780. The molecule has 0 atom stereocenters. The summed E-state index contributed by atoms with van der Waals surface area (Å²) in [7, 11) is 0. The Kier molecular flexibility index (Phi) is 3.06. The van der Waals surface area contributed by atoms with Gasteiger partial charge >= 0.3 is 17.1 Å². The Labute approximate surface area is 62.2 Å². The first-order valence-electron chi connectivity index (χ1n) is 2.17. The van der Waals surface area contributed by atoms with Crippen molar-refractivity contribution in [1.82, 2.24) is 4.98 Å². The molecule has 2 N–H and O–H groups in total. The monoisotopic (exact) mass is 167 g/mol. The maximum absolute atomic E-state index is 10.3. The summed E-state index contributed by atoms with van der Waals surface area (Å²) in [5.74, 6) is -0.243. The van der Waals surface area contributed by atoms with E-state index >= 15 is 0 Å². The number of aromatic hydroxyl groups is 1. The summed E-state index contributed by atoms with van der Waals surface area (Å²) in [6.45, 7) is 0. The molecule has 4 heteroatoms. The molecule has 9 heavy (non-hydrogen) atoms. The Morgan fingerprint density at radius 2 is 2.22 bits per heavy atom. The third-order valence-electron chi connectivity index (χ3n) is 0.797. The molecule has 0 aliphatic carbocycles. The summed E-state index contributed by atoms with van der Waals surface area (Å²) in [6.07, 6.45) is 1.46. The molecule has 0 saturated heterocycles. The van der Waals surface area contributed by atoms with E-state index in [4.69, 9.17) is 5.11 Å². The molecule has 0 bridgehead atoms. The van der Waals surface area contributed by atoms with Crippen LogP contribution in [0.4, 0.5) is 0 Å². The average molecular weight is 167 g/mol. The maximum Gasteiger partial charge on any atom is 3.00 e. The van der Waals surface area contributed by atoms with Crippen LogP contribution in [0.2, 0.25) is 0 Å². The molecule has 1 radical (unpaired) electrons. The second-order valence-corrected chi connectivity index (χ2v) is 1.38. The molecule has 1 heterocycles. The van der Waals surface area contributed by atoms with Crippen LogP contribution in [-0.2, 0) is 17.1 Å². The second-order valence-electron chi connectivity index (χ2n) is 1.38. The fraction of sp³-hybridized carbons (Fsp3) is 0. The quantitative estimate of drug-likeness (QED) is 0.537. The first-order valence-corrected chi connectivity index (χ1v) is 2.17. The van der Waals surface area contributed by atoms with Gasteiger partial charge in [-0.1, -0.05) is 0 Å². The van der Waals surface area contributed by atoms with Crippen LogP contribution in [0.5, 0.6) is 5.75 Å². The van der Waals surface area contributed by atoms with Crippen LogP contribution in [0.1, 0.15) is 0 Å². The Bertz CT molecular complexity index is 232. The van der Waals surface area contributed by atoms with E-state index < -0.39 is 5.56 Å². The molecular formula is C5H5FeNO2+3.